The number of fused-ring (bicyclic) bond motifs is 1. The Labute approximate surface area is 65.6 Å². The first-order valence-electron chi connectivity index (χ1n) is 3.78. The fourth-order valence-corrected chi connectivity index (χ4v) is 1.17. The Bertz CT molecular complexity index is 360. The van der Waals surface area contributed by atoms with E-state index in [2.05, 4.69) is 31.4 Å². The molecule has 0 saturated heterocycles. The lowest BCUT2D eigenvalue weighted by Gasteiger charge is -1.93. The molecule has 1 nitrogen and oxygen atoms in total. The average Bonchev–Trinajstić information content (AvgIpc) is 2.50. The molecular weight excluding hydrogens is 136 g/mol. The van der Waals surface area contributed by atoms with Crippen molar-refractivity contribution in [2.45, 2.75) is 13.3 Å². The van der Waals surface area contributed by atoms with E-state index in [0.717, 1.165) is 17.2 Å². The van der Waals surface area contributed by atoms with E-state index in [-0.39, 0.29) is 0 Å². The maximum absolute atomic E-state index is 4.94. The highest BCUT2D eigenvalue weighted by Crippen LogP contribution is 2.16. The normalized spacial score (nSPS) is 10.6. The molecule has 2 aromatic rings. The van der Waals surface area contributed by atoms with Crippen molar-refractivity contribution >= 4 is 10.8 Å². The summed E-state index contributed by atoms with van der Waals surface area (Å²) in [4.78, 5) is 0. The monoisotopic (exact) mass is 145 g/mol. The van der Waals surface area contributed by atoms with Crippen LogP contribution >= 0.6 is 0 Å². The van der Waals surface area contributed by atoms with Gasteiger partial charge in [-0.2, -0.15) is 0 Å². The average molecular weight is 145 g/mol. The van der Waals surface area contributed by atoms with Crippen LogP contribution in [-0.2, 0) is 6.42 Å². The lowest BCUT2D eigenvalue weighted by Crippen LogP contribution is -1.76. The van der Waals surface area contributed by atoms with Crippen LogP contribution in [-0.4, -0.2) is 0 Å². The minimum atomic E-state index is 1.06. The summed E-state index contributed by atoms with van der Waals surface area (Å²) >= 11 is 0. The molecule has 0 unspecified atom stereocenters. The van der Waals surface area contributed by atoms with Gasteiger partial charge >= 0.3 is 0 Å². The molecule has 0 fully saturated rings. The second-order valence-electron chi connectivity index (χ2n) is 2.61. The summed E-state index contributed by atoms with van der Waals surface area (Å²) in [6, 6.07) is 6.29. The van der Waals surface area contributed by atoms with E-state index < -0.39 is 0 Å². The molecule has 0 atom stereocenters. The topological polar surface area (TPSA) is 13.1 Å². The van der Waals surface area contributed by atoms with Gasteiger partial charge < -0.3 is 4.42 Å². The van der Waals surface area contributed by atoms with E-state index in [9.17, 15) is 0 Å². The number of hydrogen-bond donors (Lipinski definition) is 0. The van der Waals surface area contributed by atoms with Crippen molar-refractivity contribution in [3.63, 3.8) is 0 Å². The molecule has 55 valence electrons. The highest BCUT2D eigenvalue weighted by atomic mass is 16.3. The van der Waals surface area contributed by atoms with E-state index >= 15 is 0 Å². The minimum Gasteiger partial charge on any atom is -0.460 e. The number of hydrogen-bond acceptors (Lipinski definition) is 1. The predicted molar refractivity (Wildman–Crippen MR) is 44.4 cm³/mol. The van der Waals surface area contributed by atoms with Gasteiger partial charge in [-0.15, -0.1) is 0 Å². The van der Waals surface area contributed by atoms with Crippen LogP contribution in [0.5, 0.6) is 0 Å². The molecule has 1 aromatic heterocycles. The van der Waals surface area contributed by atoms with Crippen LogP contribution in [0.4, 0.5) is 0 Å². The van der Waals surface area contributed by atoms with Crippen molar-refractivity contribution < 1.29 is 4.42 Å². The van der Waals surface area contributed by atoms with Gasteiger partial charge in [-0.05, 0) is 18.1 Å². The number of furan rings is 1. The first-order valence-corrected chi connectivity index (χ1v) is 3.78. The molecule has 0 spiro atoms. The molecule has 0 amide bonds. The Balaban J connectivity index is 2.67. The molecule has 0 saturated carbocycles. The summed E-state index contributed by atoms with van der Waals surface area (Å²) in [5, 5.41) is 2.20. The molecule has 0 aliphatic carbocycles. The summed E-state index contributed by atoms with van der Waals surface area (Å²) < 4.78 is 4.94. The second-order valence-corrected chi connectivity index (χ2v) is 2.61. The van der Waals surface area contributed by atoms with Crippen molar-refractivity contribution in [1.82, 2.24) is 0 Å². The Kier molecular flexibility index (Phi) is 1.42. The van der Waals surface area contributed by atoms with Gasteiger partial charge in [0.1, 0.15) is 0 Å². The van der Waals surface area contributed by atoms with Crippen LogP contribution in [0.25, 0.3) is 10.8 Å². The van der Waals surface area contributed by atoms with E-state index in [1.165, 1.54) is 5.56 Å². The Hall–Kier alpha value is -1.24. The third kappa shape index (κ3) is 1.03. The highest BCUT2D eigenvalue weighted by molar-refractivity contribution is 5.81. The summed E-state index contributed by atoms with van der Waals surface area (Å²) in [7, 11) is 0. The molecule has 1 radical (unpaired) electrons. The molecule has 0 bridgehead atoms. The van der Waals surface area contributed by atoms with E-state index in [0.29, 0.717) is 0 Å². The Morgan fingerprint density at radius 3 is 3.18 bits per heavy atom. The predicted octanol–water partition coefficient (Wildman–Crippen LogP) is 2.80. The van der Waals surface area contributed by atoms with Crippen LogP contribution in [0, 0.1) is 6.26 Å². The number of benzene rings is 1. The number of rotatable bonds is 1. The SMILES string of the molecule is CCc1ccc2co[c]c2c1. The minimum absolute atomic E-state index is 1.06. The van der Waals surface area contributed by atoms with E-state index in [1.54, 1.807) is 6.26 Å². The van der Waals surface area contributed by atoms with Gasteiger partial charge in [-0.25, -0.2) is 0 Å². The van der Waals surface area contributed by atoms with Crippen molar-refractivity contribution in [3.8, 4) is 0 Å². The van der Waals surface area contributed by atoms with Gasteiger partial charge in [-0.1, -0.05) is 19.1 Å². The van der Waals surface area contributed by atoms with Crippen molar-refractivity contribution in [3.05, 3.63) is 36.3 Å². The standard InChI is InChI=1S/C10H9O/c1-2-8-3-4-9-6-11-7-10(9)5-8/h3-6H,2H2,1H3. The molecule has 0 N–H and O–H groups in total. The van der Waals surface area contributed by atoms with Gasteiger partial charge in [0.25, 0.3) is 0 Å². The van der Waals surface area contributed by atoms with Gasteiger partial charge in [0, 0.05) is 10.8 Å². The Morgan fingerprint density at radius 1 is 1.45 bits per heavy atom. The zero-order valence-electron chi connectivity index (χ0n) is 6.42. The van der Waals surface area contributed by atoms with Gasteiger partial charge in [0.15, 0.2) is 6.26 Å². The summed E-state index contributed by atoms with van der Waals surface area (Å²) in [6.45, 7) is 2.14. The Morgan fingerprint density at radius 2 is 2.36 bits per heavy atom. The molecule has 0 aliphatic heterocycles. The van der Waals surface area contributed by atoms with Crippen LogP contribution in [0.3, 0.4) is 0 Å². The molecule has 11 heavy (non-hydrogen) atoms. The quantitative estimate of drug-likeness (QED) is 0.601. The maximum atomic E-state index is 4.94. The zero-order valence-corrected chi connectivity index (χ0v) is 6.42. The third-order valence-electron chi connectivity index (χ3n) is 1.88. The van der Waals surface area contributed by atoms with Crippen molar-refractivity contribution in [2.75, 3.05) is 0 Å². The first kappa shape index (κ1) is 6.47. The summed E-state index contributed by atoms with van der Waals surface area (Å²) in [6.07, 6.45) is 5.60. The fraction of sp³-hybridized carbons (Fsp3) is 0.200. The molecular formula is C10H9O. The van der Waals surface area contributed by atoms with Crippen molar-refractivity contribution in [1.29, 1.82) is 0 Å². The first-order chi connectivity index (χ1) is 5.40. The van der Waals surface area contributed by atoms with Gasteiger partial charge in [0.05, 0.1) is 6.26 Å². The van der Waals surface area contributed by atoms with Gasteiger partial charge in [0.2, 0.25) is 0 Å². The van der Waals surface area contributed by atoms with E-state index in [1.807, 2.05) is 0 Å². The van der Waals surface area contributed by atoms with Crippen molar-refractivity contribution in [2.24, 2.45) is 0 Å². The highest BCUT2D eigenvalue weighted by Gasteiger charge is 1.96. The van der Waals surface area contributed by atoms with E-state index in [4.69, 9.17) is 4.42 Å². The molecule has 1 aromatic carbocycles. The molecule has 0 aliphatic rings. The van der Waals surface area contributed by atoms with Crippen LogP contribution < -0.4 is 0 Å². The third-order valence-corrected chi connectivity index (χ3v) is 1.88. The molecule has 2 rings (SSSR count). The van der Waals surface area contributed by atoms with Crippen LogP contribution in [0.2, 0.25) is 0 Å². The summed E-state index contributed by atoms with van der Waals surface area (Å²) in [5.74, 6) is 0. The lowest BCUT2D eigenvalue weighted by molar-refractivity contribution is 0.563. The smallest absolute Gasteiger partial charge is 0.177 e. The fourth-order valence-electron chi connectivity index (χ4n) is 1.17. The van der Waals surface area contributed by atoms with Crippen LogP contribution in [0.15, 0.2) is 28.9 Å². The molecule has 1 heteroatoms. The second kappa shape index (κ2) is 2.42. The van der Waals surface area contributed by atoms with Crippen LogP contribution in [0.1, 0.15) is 12.5 Å². The lowest BCUT2D eigenvalue weighted by atomic mass is 10.1. The summed E-state index contributed by atoms with van der Waals surface area (Å²) in [5.41, 5.74) is 1.33. The number of aryl methyl sites for hydroxylation is 1. The largest absolute Gasteiger partial charge is 0.460 e. The zero-order chi connectivity index (χ0) is 7.68. The van der Waals surface area contributed by atoms with Gasteiger partial charge in [-0.3, -0.25) is 0 Å². The maximum Gasteiger partial charge on any atom is 0.177 e. The molecule has 1 heterocycles.